The summed E-state index contributed by atoms with van der Waals surface area (Å²) in [5.41, 5.74) is 0. The maximum Gasteiger partial charge on any atom is 0.326 e. The number of likely N-dealkylation sites (tertiary alicyclic amines) is 1. The van der Waals surface area contributed by atoms with Gasteiger partial charge >= 0.3 is 5.97 Å². The normalized spacial score (nSPS) is 30.9. The minimum atomic E-state index is -0.868. The zero-order valence-electron chi connectivity index (χ0n) is 9.48. The molecule has 2 heterocycles. The molecule has 2 saturated heterocycles. The molecule has 5 heteroatoms. The van der Waals surface area contributed by atoms with Crippen molar-refractivity contribution in [2.45, 2.75) is 25.8 Å². The first kappa shape index (κ1) is 11.4. The summed E-state index contributed by atoms with van der Waals surface area (Å²) in [6, 6.07) is -0.614. The van der Waals surface area contributed by atoms with Crippen LogP contribution in [0, 0.1) is 11.8 Å². The van der Waals surface area contributed by atoms with Crippen LogP contribution in [0.2, 0.25) is 0 Å². The number of nitrogens with one attached hydrogen (secondary N) is 1. The molecular weight excluding hydrogens is 208 g/mol. The number of carboxylic acids is 1. The summed E-state index contributed by atoms with van der Waals surface area (Å²) in [4.78, 5) is 24.7. The third-order valence-corrected chi connectivity index (χ3v) is 3.56. The van der Waals surface area contributed by atoms with Crippen molar-refractivity contribution in [1.29, 1.82) is 0 Å². The topological polar surface area (TPSA) is 69.6 Å². The lowest BCUT2D eigenvalue weighted by Gasteiger charge is -2.40. The van der Waals surface area contributed by atoms with E-state index in [-0.39, 0.29) is 11.8 Å². The number of carbonyl (C=O) groups excluding carboxylic acids is 1. The molecule has 90 valence electrons. The number of nitrogens with zero attached hydrogens (tertiary/aromatic N) is 1. The summed E-state index contributed by atoms with van der Waals surface area (Å²) in [6.07, 6.45) is 1.50. The van der Waals surface area contributed by atoms with Crippen molar-refractivity contribution in [3.63, 3.8) is 0 Å². The number of piperidine rings is 1. The molecule has 2 aliphatic rings. The largest absolute Gasteiger partial charge is 0.480 e. The summed E-state index contributed by atoms with van der Waals surface area (Å²) >= 11 is 0. The van der Waals surface area contributed by atoms with Crippen molar-refractivity contribution in [1.82, 2.24) is 10.2 Å². The molecule has 16 heavy (non-hydrogen) atoms. The number of aliphatic carboxylic acids is 1. The van der Waals surface area contributed by atoms with Crippen LogP contribution in [0.3, 0.4) is 0 Å². The minimum Gasteiger partial charge on any atom is -0.480 e. The van der Waals surface area contributed by atoms with Gasteiger partial charge in [0.2, 0.25) is 5.91 Å². The number of rotatable bonds is 2. The second kappa shape index (κ2) is 4.41. The van der Waals surface area contributed by atoms with Gasteiger partial charge in [0.15, 0.2) is 0 Å². The van der Waals surface area contributed by atoms with E-state index in [0.717, 1.165) is 6.42 Å². The highest BCUT2D eigenvalue weighted by atomic mass is 16.4. The zero-order valence-corrected chi connectivity index (χ0v) is 9.48. The first-order valence-electron chi connectivity index (χ1n) is 5.83. The van der Waals surface area contributed by atoms with Gasteiger partial charge in [-0.3, -0.25) is 4.79 Å². The molecule has 0 saturated carbocycles. The smallest absolute Gasteiger partial charge is 0.326 e. The second-order valence-electron chi connectivity index (χ2n) is 4.87. The van der Waals surface area contributed by atoms with Crippen LogP contribution in [-0.2, 0) is 9.59 Å². The van der Waals surface area contributed by atoms with Gasteiger partial charge in [0.25, 0.3) is 0 Å². The van der Waals surface area contributed by atoms with Gasteiger partial charge in [-0.05, 0) is 18.8 Å². The van der Waals surface area contributed by atoms with Gasteiger partial charge in [0.1, 0.15) is 6.04 Å². The Kier molecular flexibility index (Phi) is 3.14. The van der Waals surface area contributed by atoms with Crippen molar-refractivity contribution in [2.24, 2.45) is 11.8 Å². The van der Waals surface area contributed by atoms with Crippen LogP contribution in [0.4, 0.5) is 0 Å². The molecule has 2 rings (SSSR count). The maximum atomic E-state index is 12.0. The summed E-state index contributed by atoms with van der Waals surface area (Å²) in [5.74, 6) is -0.467. The van der Waals surface area contributed by atoms with Gasteiger partial charge in [0, 0.05) is 19.6 Å². The molecule has 0 bridgehead atoms. The Morgan fingerprint density at radius 1 is 1.38 bits per heavy atom. The number of hydrogen-bond donors (Lipinski definition) is 2. The molecule has 1 amide bonds. The van der Waals surface area contributed by atoms with Crippen LogP contribution in [0.1, 0.15) is 19.8 Å². The molecule has 0 aliphatic carbocycles. The van der Waals surface area contributed by atoms with Gasteiger partial charge in [-0.25, -0.2) is 4.79 Å². The van der Waals surface area contributed by atoms with E-state index in [1.165, 1.54) is 0 Å². The molecule has 2 unspecified atom stereocenters. The Balaban J connectivity index is 2.05. The highest BCUT2D eigenvalue weighted by Crippen LogP contribution is 2.24. The van der Waals surface area contributed by atoms with Crippen LogP contribution in [0.15, 0.2) is 0 Å². The molecule has 0 aromatic rings. The maximum absolute atomic E-state index is 12.0. The fourth-order valence-corrected chi connectivity index (χ4v) is 2.34. The lowest BCUT2D eigenvalue weighted by Crippen LogP contribution is -2.57. The average Bonchev–Trinajstić information content (AvgIpc) is 2.14. The van der Waals surface area contributed by atoms with Crippen LogP contribution in [-0.4, -0.2) is 47.6 Å². The fraction of sp³-hybridized carbons (Fsp3) is 0.818. The number of carbonyl (C=O) groups is 2. The van der Waals surface area contributed by atoms with Crippen LogP contribution < -0.4 is 5.32 Å². The van der Waals surface area contributed by atoms with Crippen LogP contribution in [0.25, 0.3) is 0 Å². The lowest BCUT2D eigenvalue weighted by molar-refractivity contribution is -0.155. The van der Waals surface area contributed by atoms with E-state index in [4.69, 9.17) is 5.11 Å². The van der Waals surface area contributed by atoms with Crippen molar-refractivity contribution in [3.05, 3.63) is 0 Å². The molecule has 2 aliphatic heterocycles. The Bertz CT molecular complexity index is 302. The third-order valence-electron chi connectivity index (χ3n) is 3.56. The van der Waals surface area contributed by atoms with Gasteiger partial charge < -0.3 is 15.3 Å². The number of hydrogen-bond acceptors (Lipinski definition) is 3. The number of carboxylic acid groups (broad SMARTS) is 1. The van der Waals surface area contributed by atoms with Gasteiger partial charge in [-0.15, -0.1) is 0 Å². The lowest BCUT2D eigenvalue weighted by atomic mass is 9.90. The second-order valence-corrected chi connectivity index (χ2v) is 4.87. The van der Waals surface area contributed by atoms with E-state index in [2.05, 4.69) is 5.32 Å². The Labute approximate surface area is 94.8 Å². The summed E-state index contributed by atoms with van der Waals surface area (Å²) < 4.78 is 0. The monoisotopic (exact) mass is 226 g/mol. The number of amides is 1. The summed E-state index contributed by atoms with van der Waals surface area (Å²) in [6.45, 7) is 4.02. The SMILES string of the molecule is CC1CCN(C(=O)C2CNC2)C(C(=O)O)C1. The Hall–Kier alpha value is -1.10. The molecule has 0 aromatic heterocycles. The summed E-state index contributed by atoms with van der Waals surface area (Å²) in [7, 11) is 0. The van der Waals surface area contributed by atoms with Crippen molar-refractivity contribution in [2.75, 3.05) is 19.6 Å². The quantitative estimate of drug-likeness (QED) is 0.691. The minimum absolute atomic E-state index is 0.00439. The Morgan fingerprint density at radius 2 is 2.06 bits per heavy atom. The van der Waals surface area contributed by atoms with E-state index in [0.29, 0.717) is 32.0 Å². The molecule has 0 aromatic carbocycles. The Morgan fingerprint density at radius 3 is 2.56 bits per heavy atom. The van der Waals surface area contributed by atoms with Gasteiger partial charge in [-0.1, -0.05) is 6.92 Å². The zero-order chi connectivity index (χ0) is 11.7. The van der Waals surface area contributed by atoms with Crippen molar-refractivity contribution in [3.8, 4) is 0 Å². The third kappa shape index (κ3) is 2.04. The van der Waals surface area contributed by atoms with Gasteiger partial charge in [-0.2, -0.15) is 0 Å². The molecular formula is C11H18N2O3. The van der Waals surface area contributed by atoms with E-state index in [9.17, 15) is 9.59 Å². The standard InChI is InChI=1S/C11H18N2O3/c1-7-2-3-13(9(4-7)11(15)16)10(14)8-5-12-6-8/h7-9,12H,2-6H2,1H3,(H,15,16). The van der Waals surface area contributed by atoms with Gasteiger partial charge in [0.05, 0.1) is 5.92 Å². The highest BCUT2D eigenvalue weighted by Gasteiger charge is 2.38. The highest BCUT2D eigenvalue weighted by molar-refractivity contribution is 5.86. The summed E-state index contributed by atoms with van der Waals surface area (Å²) in [5, 5.41) is 12.2. The molecule has 2 N–H and O–H groups in total. The predicted molar refractivity (Wildman–Crippen MR) is 57.9 cm³/mol. The molecule has 0 radical (unpaired) electrons. The first-order valence-corrected chi connectivity index (χ1v) is 5.83. The molecule has 2 fully saturated rings. The fourth-order valence-electron chi connectivity index (χ4n) is 2.34. The van der Waals surface area contributed by atoms with Crippen molar-refractivity contribution < 1.29 is 14.7 Å². The molecule has 5 nitrogen and oxygen atoms in total. The molecule has 0 spiro atoms. The van der Waals surface area contributed by atoms with E-state index in [1.807, 2.05) is 6.92 Å². The van der Waals surface area contributed by atoms with E-state index >= 15 is 0 Å². The predicted octanol–water partition coefficient (Wildman–Crippen LogP) is -0.0825. The molecule has 2 atom stereocenters. The van der Waals surface area contributed by atoms with E-state index in [1.54, 1.807) is 4.90 Å². The van der Waals surface area contributed by atoms with Crippen LogP contribution in [0.5, 0.6) is 0 Å². The van der Waals surface area contributed by atoms with Crippen LogP contribution >= 0.6 is 0 Å². The average molecular weight is 226 g/mol. The van der Waals surface area contributed by atoms with Crippen molar-refractivity contribution >= 4 is 11.9 Å². The first-order chi connectivity index (χ1) is 7.59. The van der Waals surface area contributed by atoms with E-state index < -0.39 is 12.0 Å².